The number of aryl methyl sites for hydroxylation is 1. The molecule has 0 radical (unpaired) electrons. The van der Waals surface area contributed by atoms with Crippen LogP contribution in [0, 0.1) is 6.92 Å². The molecule has 0 saturated carbocycles. The minimum atomic E-state index is -0.266. The summed E-state index contributed by atoms with van der Waals surface area (Å²) in [4.78, 5) is 21.2. The van der Waals surface area contributed by atoms with Gasteiger partial charge in [-0.25, -0.2) is 14.4 Å². The number of para-hydroxylation sites is 1. The molecular formula is C14H14N4O2. The van der Waals surface area contributed by atoms with Crippen molar-refractivity contribution >= 4 is 22.5 Å². The summed E-state index contributed by atoms with van der Waals surface area (Å²) in [7, 11) is 0. The van der Waals surface area contributed by atoms with Crippen LogP contribution in [0.2, 0.25) is 0 Å². The van der Waals surface area contributed by atoms with Crippen LogP contribution in [0.1, 0.15) is 11.3 Å². The Morgan fingerprint density at radius 2 is 2.05 bits per heavy atom. The van der Waals surface area contributed by atoms with E-state index in [0.29, 0.717) is 22.4 Å². The number of benzene rings is 1. The van der Waals surface area contributed by atoms with Gasteiger partial charge >= 0.3 is 0 Å². The molecule has 0 atom stereocenters. The van der Waals surface area contributed by atoms with Gasteiger partial charge in [0.25, 0.3) is 5.56 Å². The number of aliphatic hydroxyl groups is 1. The summed E-state index contributed by atoms with van der Waals surface area (Å²) in [5, 5.41) is 9.83. The van der Waals surface area contributed by atoms with Crippen molar-refractivity contribution < 1.29 is 5.11 Å². The quantitative estimate of drug-likeness (QED) is 0.667. The number of hydrogen-bond donors (Lipinski definition) is 2. The molecule has 0 spiro atoms. The van der Waals surface area contributed by atoms with Crippen LogP contribution in [0.25, 0.3) is 16.6 Å². The average Bonchev–Trinajstić information content (AvgIpc) is 2.43. The molecular weight excluding hydrogens is 256 g/mol. The maximum absolute atomic E-state index is 12.5. The van der Waals surface area contributed by atoms with Crippen molar-refractivity contribution in [1.82, 2.24) is 14.4 Å². The van der Waals surface area contributed by atoms with Crippen molar-refractivity contribution in [3.63, 3.8) is 0 Å². The highest BCUT2D eigenvalue weighted by atomic mass is 16.3. The summed E-state index contributed by atoms with van der Waals surface area (Å²) < 4.78 is 1.31. The van der Waals surface area contributed by atoms with Crippen LogP contribution in [0.15, 0.2) is 29.1 Å². The third-order valence-corrected chi connectivity index (χ3v) is 3.35. The van der Waals surface area contributed by atoms with Crippen molar-refractivity contribution in [2.24, 2.45) is 0 Å². The fraction of sp³-hybridized carbons (Fsp3) is 0.214. The van der Waals surface area contributed by atoms with Crippen LogP contribution >= 0.6 is 0 Å². The Morgan fingerprint density at radius 1 is 1.30 bits per heavy atom. The van der Waals surface area contributed by atoms with Crippen molar-refractivity contribution in [1.29, 1.82) is 0 Å². The molecule has 1 aromatic carbocycles. The standard InChI is InChI=1S/C14H14N4O2/c1-8-9(6-7-19)13(20)18-12(16-8)10-4-2-3-5-11(10)17-14(18)15/h2-5,19H,6-7H2,1H3,(H2,15,17). The molecule has 0 aliphatic rings. The number of fused-ring (bicyclic) bond motifs is 3. The van der Waals surface area contributed by atoms with Crippen molar-refractivity contribution in [3.8, 4) is 0 Å². The van der Waals surface area contributed by atoms with Crippen LogP contribution in [-0.2, 0) is 6.42 Å². The Morgan fingerprint density at radius 3 is 2.80 bits per heavy atom. The molecule has 20 heavy (non-hydrogen) atoms. The third-order valence-electron chi connectivity index (χ3n) is 3.35. The number of nitrogens with two attached hydrogens (primary N) is 1. The second kappa shape index (κ2) is 4.57. The topological polar surface area (TPSA) is 93.5 Å². The molecule has 6 nitrogen and oxygen atoms in total. The largest absolute Gasteiger partial charge is 0.396 e. The zero-order chi connectivity index (χ0) is 14.3. The van der Waals surface area contributed by atoms with E-state index in [2.05, 4.69) is 9.97 Å². The SMILES string of the molecule is Cc1nc2c3ccccc3nc(N)n2c(=O)c1CCO. The first-order valence-corrected chi connectivity index (χ1v) is 6.31. The van der Waals surface area contributed by atoms with E-state index >= 15 is 0 Å². The molecule has 6 heteroatoms. The first kappa shape index (κ1) is 12.6. The van der Waals surface area contributed by atoms with E-state index < -0.39 is 0 Å². The first-order valence-electron chi connectivity index (χ1n) is 6.31. The second-order valence-electron chi connectivity index (χ2n) is 4.60. The minimum absolute atomic E-state index is 0.106. The van der Waals surface area contributed by atoms with E-state index in [1.54, 1.807) is 6.92 Å². The Balaban J connectivity index is 2.53. The Hall–Kier alpha value is -2.47. The van der Waals surface area contributed by atoms with Gasteiger partial charge in [-0.05, 0) is 19.1 Å². The van der Waals surface area contributed by atoms with Gasteiger partial charge in [0.1, 0.15) is 0 Å². The van der Waals surface area contributed by atoms with Gasteiger partial charge in [-0.1, -0.05) is 12.1 Å². The van der Waals surface area contributed by atoms with E-state index in [-0.39, 0.29) is 24.5 Å². The Kier molecular flexibility index (Phi) is 2.87. The molecule has 0 fully saturated rings. The number of nitrogens with zero attached hydrogens (tertiary/aromatic N) is 3. The number of anilines is 1. The number of aliphatic hydroxyl groups excluding tert-OH is 1. The Bertz CT molecular complexity index is 870. The van der Waals surface area contributed by atoms with E-state index in [1.165, 1.54) is 4.40 Å². The lowest BCUT2D eigenvalue weighted by Gasteiger charge is -2.10. The minimum Gasteiger partial charge on any atom is -0.396 e. The van der Waals surface area contributed by atoms with Gasteiger partial charge in [-0.2, -0.15) is 0 Å². The molecule has 2 aromatic heterocycles. The molecule has 0 amide bonds. The number of nitrogen functional groups attached to an aromatic ring is 1. The van der Waals surface area contributed by atoms with E-state index in [9.17, 15) is 4.79 Å². The third kappa shape index (κ3) is 1.73. The summed E-state index contributed by atoms with van der Waals surface area (Å²) >= 11 is 0. The van der Waals surface area contributed by atoms with Crippen LogP contribution in [0.3, 0.4) is 0 Å². The van der Waals surface area contributed by atoms with E-state index in [1.807, 2.05) is 24.3 Å². The highest BCUT2D eigenvalue weighted by Gasteiger charge is 2.14. The zero-order valence-electron chi connectivity index (χ0n) is 11.0. The molecule has 102 valence electrons. The molecule has 0 unspecified atom stereocenters. The first-order chi connectivity index (χ1) is 9.63. The summed E-state index contributed by atoms with van der Waals surface area (Å²) in [6.45, 7) is 1.66. The van der Waals surface area contributed by atoms with Gasteiger partial charge in [0.15, 0.2) is 5.65 Å². The van der Waals surface area contributed by atoms with E-state index in [4.69, 9.17) is 10.8 Å². The predicted octanol–water partition coefficient (Wildman–Crippen LogP) is 0.668. The van der Waals surface area contributed by atoms with Crippen LogP contribution in [-0.4, -0.2) is 26.1 Å². The molecule has 3 rings (SSSR count). The maximum Gasteiger partial charge on any atom is 0.264 e. The van der Waals surface area contributed by atoms with E-state index in [0.717, 1.165) is 5.39 Å². The van der Waals surface area contributed by atoms with Crippen molar-refractivity contribution in [3.05, 3.63) is 45.9 Å². The molecule has 3 N–H and O–H groups in total. The maximum atomic E-state index is 12.5. The molecule has 0 aliphatic heterocycles. The number of aromatic nitrogens is 3. The van der Waals surface area contributed by atoms with Gasteiger partial charge in [0.05, 0.1) is 5.52 Å². The molecule has 0 bridgehead atoms. The molecule has 3 aromatic rings. The lowest BCUT2D eigenvalue weighted by Crippen LogP contribution is -2.25. The normalized spacial score (nSPS) is 11.3. The summed E-state index contributed by atoms with van der Waals surface area (Å²) in [6, 6.07) is 7.41. The van der Waals surface area contributed by atoms with Gasteiger partial charge in [0, 0.05) is 29.7 Å². The monoisotopic (exact) mass is 270 g/mol. The molecule has 0 aliphatic carbocycles. The van der Waals surface area contributed by atoms with Crippen molar-refractivity contribution in [2.75, 3.05) is 12.3 Å². The summed E-state index contributed by atoms with van der Waals surface area (Å²) in [6.07, 6.45) is 0.257. The highest BCUT2D eigenvalue weighted by molar-refractivity contribution is 5.92. The number of hydrogen-bond acceptors (Lipinski definition) is 5. The summed E-state index contributed by atoms with van der Waals surface area (Å²) in [5.41, 5.74) is 7.90. The lowest BCUT2D eigenvalue weighted by atomic mass is 10.1. The summed E-state index contributed by atoms with van der Waals surface area (Å²) in [5.74, 6) is 0.107. The fourth-order valence-corrected chi connectivity index (χ4v) is 2.39. The van der Waals surface area contributed by atoms with Crippen LogP contribution in [0.4, 0.5) is 5.95 Å². The van der Waals surface area contributed by atoms with Crippen LogP contribution < -0.4 is 11.3 Å². The Labute approximate surface area is 114 Å². The average molecular weight is 270 g/mol. The fourth-order valence-electron chi connectivity index (χ4n) is 2.39. The second-order valence-corrected chi connectivity index (χ2v) is 4.60. The predicted molar refractivity (Wildman–Crippen MR) is 76.7 cm³/mol. The molecule has 0 saturated heterocycles. The van der Waals surface area contributed by atoms with Crippen molar-refractivity contribution in [2.45, 2.75) is 13.3 Å². The zero-order valence-corrected chi connectivity index (χ0v) is 11.0. The van der Waals surface area contributed by atoms with Gasteiger partial charge in [-0.15, -0.1) is 0 Å². The van der Waals surface area contributed by atoms with Gasteiger partial charge in [0.2, 0.25) is 5.95 Å². The lowest BCUT2D eigenvalue weighted by molar-refractivity contribution is 0.298. The van der Waals surface area contributed by atoms with Gasteiger partial charge in [-0.3, -0.25) is 4.79 Å². The smallest absolute Gasteiger partial charge is 0.264 e. The number of rotatable bonds is 2. The van der Waals surface area contributed by atoms with Gasteiger partial charge < -0.3 is 10.8 Å². The van der Waals surface area contributed by atoms with Crippen LogP contribution in [0.5, 0.6) is 0 Å². The highest BCUT2D eigenvalue weighted by Crippen LogP contribution is 2.18. The molecule has 2 heterocycles.